The Hall–Kier alpha value is -1.97. The molecule has 2 heterocycles. The Morgan fingerprint density at radius 2 is 1.97 bits per heavy atom. The zero-order valence-electron chi connectivity index (χ0n) is 16.7. The molecule has 2 aromatic heterocycles. The number of imidazole rings is 1. The lowest BCUT2D eigenvalue weighted by Gasteiger charge is -2.10. The molecular weight excluding hydrogens is 492 g/mol. The molecule has 0 radical (unpaired) electrons. The molecule has 0 unspecified atom stereocenters. The van der Waals surface area contributed by atoms with Crippen molar-refractivity contribution in [3.63, 3.8) is 0 Å². The van der Waals surface area contributed by atoms with E-state index in [4.69, 9.17) is 11.6 Å². The number of carbonyl (C=O) groups excluding carboxylic acids is 1. The summed E-state index contributed by atoms with van der Waals surface area (Å²) < 4.78 is 29.1. The van der Waals surface area contributed by atoms with E-state index in [1.165, 1.54) is 6.07 Å². The van der Waals surface area contributed by atoms with E-state index in [-0.39, 0.29) is 11.4 Å². The van der Waals surface area contributed by atoms with Crippen LogP contribution in [0, 0.1) is 6.92 Å². The van der Waals surface area contributed by atoms with Gasteiger partial charge >= 0.3 is 0 Å². The lowest BCUT2D eigenvalue weighted by Crippen LogP contribution is -2.33. The van der Waals surface area contributed by atoms with Crippen molar-refractivity contribution >= 4 is 54.6 Å². The first-order chi connectivity index (χ1) is 14.2. The molecular formula is C20H22BrClN4O3S. The van der Waals surface area contributed by atoms with Gasteiger partial charge in [-0.25, -0.2) is 23.1 Å². The van der Waals surface area contributed by atoms with Gasteiger partial charge in [0.2, 0.25) is 10.0 Å². The Morgan fingerprint density at radius 1 is 1.20 bits per heavy atom. The Balaban J connectivity index is 1.88. The summed E-state index contributed by atoms with van der Waals surface area (Å²) in [6.07, 6.45) is 2.19. The fourth-order valence-electron chi connectivity index (χ4n) is 3.04. The highest BCUT2D eigenvalue weighted by atomic mass is 79.9. The van der Waals surface area contributed by atoms with Crippen molar-refractivity contribution in [2.75, 3.05) is 5.75 Å². The van der Waals surface area contributed by atoms with Crippen LogP contribution in [0.4, 0.5) is 0 Å². The third-order valence-electron chi connectivity index (χ3n) is 4.62. The number of sulfonamides is 1. The molecule has 10 heteroatoms. The molecule has 0 saturated carbocycles. The minimum absolute atomic E-state index is 0.0258. The molecule has 0 saturated heterocycles. The number of rotatable bonds is 8. The van der Waals surface area contributed by atoms with E-state index in [9.17, 15) is 13.2 Å². The number of nitrogens with zero attached hydrogens (tertiary/aromatic N) is 3. The largest absolute Gasteiger partial charge is 0.308 e. The van der Waals surface area contributed by atoms with Crippen molar-refractivity contribution in [3.05, 3.63) is 56.9 Å². The fourth-order valence-corrected chi connectivity index (χ4v) is 4.92. The molecule has 0 aliphatic rings. The summed E-state index contributed by atoms with van der Waals surface area (Å²) >= 11 is 9.53. The molecule has 160 valence electrons. The number of halogens is 2. The van der Waals surface area contributed by atoms with E-state index in [0.717, 1.165) is 28.7 Å². The molecule has 0 aliphatic carbocycles. The second kappa shape index (κ2) is 9.45. The molecule has 0 atom stereocenters. The standard InChI is InChI=1S/C20H22BrClN4O3S/c1-3-4-5-10-30(28,29)25-20(27)18-9-8-17-19(24-18)26(13(2)23-17)12-14-6-7-15(22)11-16(14)21/h6-9,11H,3-5,10,12H2,1-2H3,(H,25,27). The number of aromatic nitrogens is 3. The lowest BCUT2D eigenvalue weighted by molar-refractivity contribution is 0.0977. The summed E-state index contributed by atoms with van der Waals surface area (Å²) in [6, 6.07) is 8.65. The first-order valence-corrected chi connectivity index (χ1v) is 12.3. The Kier molecular flexibility index (Phi) is 7.15. The van der Waals surface area contributed by atoms with Crippen LogP contribution in [-0.2, 0) is 16.6 Å². The first kappa shape index (κ1) is 22.7. The number of carbonyl (C=O) groups is 1. The highest BCUT2D eigenvalue weighted by molar-refractivity contribution is 9.10. The zero-order chi connectivity index (χ0) is 21.9. The number of nitrogens with one attached hydrogen (secondary N) is 1. The number of pyridine rings is 1. The SMILES string of the molecule is CCCCCS(=O)(=O)NC(=O)c1ccc2nc(C)n(Cc3ccc(Cl)cc3Br)c2n1. The van der Waals surface area contributed by atoms with Crippen molar-refractivity contribution in [1.29, 1.82) is 0 Å². The van der Waals surface area contributed by atoms with Crippen molar-refractivity contribution in [2.24, 2.45) is 0 Å². The number of unbranched alkanes of at least 4 members (excludes halogenated alkanes) is 2. The lowest BCUT2D eigenvalue weighted by atomic mass is 10.2. The summed E-state index contributed by atoms with van der Waals surface area (Å²) in [6.45, 7) is 4.30. The number of aryl methyl sites for hydroxylation is 1. The van der Waals surface area contributed by atoms with Gasteiger partial charge < -0.3 is 4.57 Å². The normalized spacial score (nSPS) is 11.7. The first-order valence-electron chi connectivity index (χ1n) is 9.53. The van der Waals surface area contributed by atoms with Crippen LogP contribution in [0.3, 0.4) is 0 Å². The molecule has 1 N–H and O–H groups in total. The molecule has 0 bridgehead atoms. The molecule has 0 spiro atoms. The Labute approximate surface area is 189 Å². The van der Waals surface area contributed by atoms with Gasteiger partial charge in [-0.15, -0.1) is 0 Å². The fraction of sp³-hybridized carbons (Fsp3) is 0.350. The minimum Gasteiger partial charge on any atom is -0.308 e. The maximum atomic E-state index is 12.5. The van der Waals surface area contributed by atoms with Gasteiger partial charge in [0.1, 0.15) is 17.0 Å². The molecule has 0 aliphatic heterocycles. The molecule has 30 heavy (non-hydrogen) atoms. The summed E-state index contributed by atoms with van der Waals surface area (Å²) in [5.74, 6) is -0.105. The predicted octanol–water partition coefficient (Wildman–Crippen LogP) is 4.45. The summed E-state index contributed by atoms with van der Waals surface area (Å²) in [5.41, 5.74) is 2.13. The summed E-state index contributed by atoms with van der Waals surface area (Å²) in [7, 11) is -3.70. The molecule has 7 nitrogen and oxygen atoms in total. The molecule has 3 rings (SSSR count). The van der Waals surface area contributed by atoms with Gasteiger partial charge in [0.25, 0.3) is 5.91 Å². The molecule has 1 amide bonds. The van der Waals surface area contributed by atoms with Gasteiger partial charge in [-0.05, 0) is 43.2 Å². The van der Waals surface area contributed by atoms with E-state index in [1.807, 2.05) is 24.5 Å². The number of hydrogen-bond acceptors (Lipinski definition) is 5. The van der Waals surface area contributed by atoms with Crippen molar-refractivity contribution < 1.29 is 13.2 Å². The number of fused-ring (bicyclic) bond motifs is 1. The maximum Gasteiger partial charge on any atom is 0.283 e. The van der Waals surface area contributed by atoms with Gasteiger partial charge in [-0.2, -0.15) is 0 Å². The summed E-state index contributed by atoms with van der Waals surface area (Å²) in [5, 5.41) is 0.620. The van der Waals surface area contributed by atoms with Crippen LogP contribution in [-0.4, -0.2) is 34.6 Å². The van der Waals surface area contributed by atoms with Gasteiger partial charge in [0, 0.05) is 9.50 Å². The minimum atomic E-state index is -3.70. The predicted molar refractivity (Wildman–Crippen MR) is 121 cm³/mol. The van der Waals surface area contributed by atoms with Crippen molar-refractivity contribution in [3.8, 4) is 0 Å². The van der Waals surface area contributed by atoms with Crippen LogP contribution in [0.5, 0.6) is 0 Å². The third kappa shape index (κ3) is 5.39. The van der Waals surface area contributed by atoms with E-state index in [2.05, 4.69) is 30.6 Å². The average molecular weight is 514 g/mol. The quantitative estimate of drug-likeness (QED) is 0.449. The van der Waals surface area contributed by atoms with Gasteiger partial charge in [0.15, 0.2) is 5.65 Å². The summed E-state index contributed by atoms with van der Waals surface area (Å²) in [4.78, 5) is 21.4. The zero-order valence-corrected chi connectivity index (χ0v) is 19.8. The van der Waals surface area contributed by atoms with E-state index in [0.29, 0.717) is 29.2 Å². The highest BCUT2D eigenvalue weighted by Crippen LogP contribution is 2.24. The van der Waals surface area contributed by atoms with Gasteiger partial charge in [-0.1, -0.05) is 53.4 Å². The number of benzene rings is 1. The number of amides is 1. The van der Waals surface area contributed by atoms with Crippen LogP contribution in [0.1, 0.15) is 48.1 Å². The van der Waals surface area contributed by atoms with Gasteiger partial charge in [0.05, 0.1) is 12.3 Å². The van der Waals surface area contributed by atoms with Crippen LogP contribution in [0.2, 0.25) is 5.02 Å². The van der Waals surface area contributed by atoms with Crippen molar-refractivity contribution in [2.45, 2.75) is 39.7 Å². The number of hydrogen-bond donors (Lipinski definition) is 1. The monoisotopic (exact) mass is 512 g/mol. The molecule has 3 aromatic rings. The topological polar surface area (TPSA) is 94.0 Å². The Morgan fingerprint density at radius 3 is 2.67 bits per heavy atom. The smallest absolute Gasteiger partial charge is 0.283 e. The van der Waals surface area contributed by atoms with E-state index < -0.39 is 15.9 Å². The molecule has 1 aromatic carbocycles. The van der Waals surface area contributed by atoms with Crippen LogP contribution >= 0.6 is 27.5 Å². The van der Waals surface area contributed by atoms with Crippen LogP contribution < -0.4 is 4.72 Å². The van der Waals surface area contributed by atoms with E-state index in [1.54, 1.807) is 18.2 Å². The Bertz CT molecular complexity index is 1190. The van der Waals surface area contributed by atoms with Crippen LogP contribution in [0.25, 0.3) is 11.2 Å². The second-order valence-corrected chi connectivity index (χ2v) is 10.1. The average Bonchev–Trinajstić information content (AvgIpc) is 2.98. The highest BCUT2D eigenvalue weighted by Gasteiger charge is 2.19. The van der Waals surface area contributed by atoms with E-state index >= 15 is 0 Å². The maximum absolute atomic E-state index is 12.5. The van der Waals surface area contributed by atoms with Crippen LogP contribution in [0.15, 0.2) is 34.8 Å². The van der Waals surface area contributed by atoms with Crippen molar-refractivity contribution in [1.82, 2.24) is 19.3 Å². The van der Waals surface area contributed by atoms with Gasteiger partial charge in [-0.3, -0.25) is 4.79 Å². The second-order valence-electron chi connectivity index (χ2n) is 6.98. The molecule has 0 fully saturated rings. The third-order valence-corrected chi connectivity index (χ3v) is 6.92.